The van der Waals surface area contributed by atoms with Crippen LogP contribution in [0.2, 0.25) is 0 Å². The molecule has 1 aliphatic carbocycles. The molecule has 0 bridgehead atoms. The van der Waals surface area contributed by atoms with Gasteiger partial charge < -0.3 is 10.2 Å². The van der Waals surface area contributed by atoms with Crippen molar-refractivity contribution in [2.24, 2.45) is 5.92 Å². The van der Waals surface area contributed by atoms with Crippen molar-refractivity contribution in [2.45, 2.75) is 35.9 Å². The Morgan fingerprint density at radius 2 is 1.87 bits per heavy atom. The van der Waals surface area contributed by atoms with Gasteiger partial charge in [-0.25, -0.2) is 9.50 Å². The molecule has 2 fully saturated rings. The molecule has 0 atom stereocenters. The van der Waals surface area contributed by atoms with Gasteiger partial charge in [0, 0.05) is 25.2 Å². The van der Waals surface area contributed by atoms with Crippen LogP contribution < -0.4 is 10.2 Å². The number of hydrogen-bond acceptors (Lipinski definition) is 7. The average molecular weight is 421 g/mol. The van der Waals surface area contributed by atoms with E-state index in [9.17, 15) is 4.79 Å². The predicted octanol–water partition coefficient (Wildman–Crippen LogP) is 2.87. The number of amides is 1. The minimum Gasteiger partial charge on any atom is -0.370 e. The number of aromatic nitrogens is 6. The third-order valence-corrected chi connectivity index (χ3v) is 6.41. The number of pyridine rings is 1. The summed E-state index contributed by atoms with van der Waals surface area (Å²) in [5, 5.41) is 17.7. The van der Waals surface area contributed by atoms with E-state index in [1.54, 1.807) is 10.7 Å². The normalized spacial score (nSPS) is 16.6. The highest BCUT2D eigenvalue weighted by molar-refractivity contribution is 7.99. The van der Waals surface area contributed by atoms with Gasteiger partial charge in [0.1, 0.15) is 5.03 Å². The molecule has 4 aromatic rings. The monoisotopic (exact) mass is 420 g/mol. The molecule has 1 saturated carbocycles. The molecule has 1 amide bonds. The van der Waals surface area contributed by atoms with Crippen LogP contribution in [0.1, 0.15) is 25.7 Å². The van der Waals surface area contributed by atoms with Gasteiger partial charge in [-0.05, 0) is 61.7 Å². The SMILES string of the molecule is O=C(Nc1cn2nc(Sc3nnc4ccc(N5CCCC5)cn34)ccc2n1)C1CC1. The number of rotatable bonds is 5. The standard InChI is InChI=1S/C20H20N8OS/c29-19(13-3-4-13)22-15-12-28-16(21-15)7-8-18(25-28)30-20-24-23-17-6-5-14(11-27(17)20)26-9-1-2-10-26/h5-8,11-13H,1-4,9-10H2,(H,22,29). The van der Waals surface area contributed by atoms with Crippen molar-refractivity contribution in [2.75, 3.05) is 23.3 Å². The highest BCUT2D eigenvalue weighted by Crippen LogP contribution is 2.30. The first-order valence-corrected chi connectivity index (χ1v) is 11.0. The van der Waals surface area contributed by atoms with E-state index in [0.29, 0.717) is 11.5 Å². The second-order valence-corrected chi connectivity index (χ2v) is 8.75. The quantitative estimate of drug-likeness (QED) is 0.531. The number of anilines is 2. The second-order valence-electron chi connectivity index (χ2n) is 7.76. The smallest absolute Gasteiger partial charge is 0.228 e. The zero-order chi connectivity index (χ0) is 20.1. The maximum atomic E-state index is 12.0. The number of carbonyl (C=O) groups is 1. The molecular formula is C20H20N8OS. The van der Waals surface area contributed by atoms with Crippen molar-refractivity contribution in [1.29, 1.82) is 0 Å². The third kappa shape index (κ3) is 3.26. The fraction of sp³-hybridized carbons (Fsp3) is 0.350. The van der Waals surface area contributed by atoms with Gasteiger partial charge in [-0.2, -0.15) is 5.10 Å². The van der Waals surface area contributed by atoms with Crippen molar-refractivity contribution in [3.05, 3.63) is 36.7 Å². The van der Waals surface area contributed by atoms with Gasteiger partial charge in [-0.3, -0.25) is 9.20 Å². The van der Waals surface area contributed by atoms with Gasteiger partial charge in [0.25, 0.3) is 0 Å². The van der Waals surface area contributed by atoms with Crippen LogP contribution in [-0.4, -0.2) is 48.2 Å². The van der Waals surface area contributed by atoms with E-state index < -0.39 is 0 Å². The molecule has 0 aromatic carbocycles. The Hall–Kier alpha value is -3.14. The summed E-state index contributed by atoms with van der Waals surface area (Å²) >= 11 is 1.45. The summed E-state index contributed by atoms with van der Waals surface area (Å²) in [4.78, 5) is 18.8. The lowest BCUT2D eigenvalue weighted by Crippen LogP contribution is -2.17. The Kier molecular flexibility index (Phi) is 4.12. The molecule has 1 aliphatic heterocycles. The molecule has 9 nitrogen and oxygen atoms in total. The zero-order valence-electron chi connectivity index (χ0n) is 16.2. The van der Waals surface area contributed by atoms with Gasteiger partial charge in [0.2, 0.25) is 11.1 Å². The van der Waals surface area contributed by atoms with E-state index in [0.717, 1.165) is 41.8 Å². The fourth-order valence-corrected chi connectivity index (χ4v) is 4.52. The molecule has 0 radical (unpaired) electrons. The van der Waals surface area contributed by atoms with Gasteiger partial charge in [-0.1, -0.05) is 0 Å². The van der Waals surface area contributed by atoms with Crippen LogP contribution in [-0.2, 0) is 4.79 Å². The molecule has 10 heteroatoms. The molecule has 0 spiro atoms. The van der Waals surface area contributed by atoms with E-state index in [-0.39, 0.29) is 11.8 Å². The summed E-state index contributed by atoms with van der Waals surface area (Å²) in [6, 6.07) is 7.91. The number of fused-ring (bicyclic) bond motifs is 2. The van der Waals surface area contributed by atoms with Crippen LogP contribution in [0.3, 0.4) is 0 Å². The zero-order valence-corrected chi connectivity index (χ0v) is 17.0. The van der Waals surface area contributed by atoms with E-state index in [1.165, 1.54) is 30.3 Å². The van der Waals surface area contributed by atoms with Crippen molar-refractivity contribution < 1.29 is 4.79 Å². The Morgan fingerprint density at radius 3 is 2.70 bits per heavy atom. The highest BCUT2D eigenvalue weighted by Gasteiger charge is 2.30. The molecule has 0 unspecified atom stereocenters. The summed E-state index contributed by atoms with van der Waals surface area (Å²) in [6.07, 6.45) is 8.24. The van der Waals surface area contributed by atoms with Crippen LogP contribution >= 0.6 is 11.8 Å². The van der Waals surface area contributed by atoms with Crippen molar-refractivity contribution in [1.82, 2.24) is 29.2 Å². The van der Waals surface area contributed by atoms with E-state index in [2.05, 4.69) is 42.8 Å². The average Bonchev–Trinajstić information content (AvgIpc) is 3.14. The van der Waals surface area contributed by atoms with Crippen LogP contribution in [0.4, 0.5) is 11.5 Å². The first-order valence-electron chi connectivity index (χ1n) is 10.2. The Morgan fingerprint density at radius 1 is 1.03 bits per heavy atom. The number of imidazole rings is 1. The maximum absolute atomic E-state index is 12.0. The lowest BCUT2D eigenvalue weighted by atomic mass is 10.4. The first-order chi connectivity index (χ1) is 14.7. The number of carbonyl (C=O) groups excluding carboxylic acids is 1. The minimum atomic E-state index is 0.0386. The molecule has 152 valence electrons. The highest BCUT2D eigenvalue weighted by atomic mass is 32.2. The predicted molar refractivity (Wildman–Crippen MR) is 113 cm³/mol. The molecule has 30 heavy (non-hydrogen) atoms. The van der Waals surface area contributed by atoms with Crippen molar-refractivity contribution >= 4 is 40.5 Å². The summed E-state index contributed by atoms with van der Waals surface area (Å²) < 4.78 is 3.70. The maximum Gasteiger partial charge on any atom is 0.228 e. The first kappa shape index (κ1) is 17.7. The number of nitrogens with one attached hydrogen (secondary N) is 1. The van der Waals surface area contributed by atoms with Gasteiger partial charge in [0.05, 0.1) is 11.9 Å². The van der Waals surface area contributed by atoms with Crippen LogP contribution in [0.15, 0.2) is 46.8 Å². The Balaban J connectivity index is 1.27. The Bertz CT molecular complexity index is 1250. The lowest BCUT2D eigenvalue weighted by molar-refractivity contribution is -0.117. The summed E-state index contributed by atoms with van der Waals surface area (Å²) in [5.74, 6) is 0.710. The van der Waals surface area contributed by atoms with E-state index >= 15 is 0 Å². The molecule has 4 aromatic heterocycles. The molecule has 6 rings (SSSR count). The van der Waals surface area contributed by atoms with Crippen LogP contribution in [0.5, 0.6) is 0 Å². The third-order valence-electron chi connectivity index (χ3n) is 5.52. The summed E-state index contributed by atoms with van der Waals surface area (Å²) in [7, 11) is 0. The summed E-state index contributed by atoms with van der Waals surface area (Å²) in [5.41, 5.74) is 2.69. The Labute approximate surface area is 176 Å². The number of hydrogen-bond donors (Lipinski definition) is 1. The number of nitrogens with zero attached hydrogens (tertiary/aromatic N) is 7. The molecule has 1 N–H and O–H groups in total. The van der Waals surface area contributed by atoms with Crippen LogP contribution in [0, 0.1) is 5.92 Å². The molecule has 5 heterocycles. The van der Waals surface area contributed by atoms with Crippen molar-refractivity contribution in [3.63, 3.8) is 0 Å². The van der Waals surface area contributed by atoms with E-state index in [1.807, 2.05) is 22.6 Å². The van der Waals surface area contributed by atoms with Crippen LogP contribution in [0.25, 0.3) is 11.3 Å². The topological polar surface area (TPSA) is 92.7 Å². The summed E-state index contributed by atoms with van der Waals surface area (Å²) in [6.45, 7) is 2.18. The minimum absolute atomic E-state index is 0.0386. The van der Waals surface area contributed by atoms with E-state index in [4.69, 9.17) is 0 Å². The largest absolute Gasteiger partial charge is 0.370 e. The van der Waals surface area contributed by atoms with Gasteiger partial charge >= 0.3 is 0 Å². The lowest BCUT2D eigenvalue weighted by Gasteiger charge is -2.17. The fourth-order valence-electron chi connectivity index (χ4n) is 3.74. The molecular weight excluding hydrogens is 400 g/mol. The second kappa shape index (κ2) is 6.98. The van der Waals surface area contributed by atoms with Gasteiger partial charge in [0.15, 0.2) is 17.1 Å². The molecule has 1 saturated heterocycles. The van der Waals surface area contributed by atoms with Crippen molar-refractivity contribution in [3.8, 4) is 0 Å². The van der Waals surface area contributed by atoms with Gasteiger partial charge in [-0.15, -0.1) is 10.2 Å². The molecule has 2 aliphatic rings.